The lowest BCUT2D eigenvalue weighted by Gasteiger charge is -2.50. The van der Waals surface area contributed by atoms with Gasteiger partial charge in [0, 0.05) is 18.5 Å². The summed E-state index contributed by atoms with van der Waals surface area (Å²) >= 11 is 0. The van der Waals surface area contributed by atoms with Crippen LogP contribution in [0.4, 0.5) is 0 Å². The van der Waals surface area contributed by atoms with Crippen LogP contribution in [0.5, 0.6) is 5.75 Å². The normalized spacial score (nSPS) is 22.6. The molecule has 0 atom stereocenters. The van der Waals surface area contributed by atoms with Gasteiger partial charge in [-0.05, 0) is 56.3 Å². The summed E-state index contributed by atoms with van der Waals surface area (Å²) in [5.74, 6) is 2.08. The van der Waals surface area contributed by atoms with Crippen molar-refractivity contribution in [3.8, 4) is 11.8 Å². The molecule has 4 aliphatic rings. The second-order valence-corrected chi connectivity index (χ2v) is 9.45. The average Bonchev–Trinajstić information content (AvgIpc) is 3.24. The van der Waals surface area contributed by atoms with Crippen LogP contribution in [0.2, 0.25) is 0 Å². The molecule has 0 radical (unpaired) electrons. The van der Waals surface area contributed by atoms with E-state index in [1.54, 1.807) is 0 Å². The molecule has 3 saturated heterocycles. The highest BCUT2D eigenvalue weighted by Gasteiger charge is 2.48. The van der Waals surface area contributed by atoms with Crippen molar-refractivity contribution in [1.29, 1.82) is 5.26 Å². The van der Waals surface area contributed by atoms with E-state index in [2.05, 4.69) is 23.5 Å². The van der Waals surface area contributed by atoms with Crippen LogP contribution in [0.25, 0.3) is 0 Å². The van der Waals surface area contributed by atoms with E-state index in [4.69, 9.17) is 14.7 Å². The number of hydrogen-bond acceptors (Lipinski definition) is 5. The number of amides is 1. The van der Waals surface area contributed by atoms with Gasteiger partial charge in [-0.1, -0.05) is 31.0 Å². The molecule has 1 aromatic rings. The van der Waals surface area contributed by atoms with Crippen LogP contribution >= 0.6 is 0 Å². The van der Waals surface area contributed by atoms with Crippen LogP contribution in [-0.2, 0) is 9.53 Å². The van der Waals surface area contributed by atoms with Crippen LogP contribution < -0.4 is 10.1 Å². The first kappa shape index (κ1) is 22.1. The van der Waals surface area contributed by atoms with Gasteiger partial charge in [0.2, 0.25) is 5.91 Å². The fourth-order valence-electron chi connectivity index (χ4n) is 5.29. The molecule has 0 unspecified atom stereocenters. The van der Waals surface area contributed by atoms with Crippen molar-refractivity contribution in [1.82, 2.24) is 10.2 Å². The van der Waals surface area contributed by atoms with Crippen LogP contribution in [0.1, 0.15) is 56.4 Å². The van der Waals surface area contributed by atoms with E-state index < -0.39 is 0 Å². The van der Waals surface area contributed by atoms with Crippen molar-refractivity contribution < 1.29 is 14.3 Å². The SMILES string of the molecule is N#CCCOc1ccccc1C1CCNCC1.O=C(C1COC1)N1CC2(CCCC2)C1. The number of carbonyl (C=O) groups is 1. The summed E-state index contributed by atoms with van der Waals surface area (Å²) in [5, 5.41) is 11.9. The Kier molecular flexibility index (Phi) is 7.47. The largest absolute Gasteiger partial charge is 0.492 e. The first-order chi connectivity index (χ1) is 15.2. The fourth-order valence-corrected chi connectivity index (χ4v) is 5.29. The molecule has 1 aliphatic carbocycles. The molecule has 168 valence electrons. The van der Waals surface area contributed by atoms with Gasteiger partial charge in [0.15, 0.2) is 0 Å². The van der Waals surface area contributed by atoms with E-state index in [1.165, 1.54) is 44.1 Å². The molecule has 1 spiro atoms. The van der Waals surface area contributed by atoms with E-state index in [-0.39, 0.29) is 5.92 Å². The van der Waals surface area contributed by atoms with Gasteiger partial charge in [-0.25, -0.2) is 0 Å². The molecule has 1 N–H and O–H groups in total. The van der Waals surface area contributed by atoms with Crippen molar-refractivity contribution in [2.45, 2.75) is 50.9 Å². The summed E-state index contributed by atoms with van der Waals surface area (Å²) < 4.78 is 10.7. The van der Waals surface area contributed by atoms with Crippen molar-refractivity contribution >= 4 is 5.91 Å². The summed E-state index contributed by atoms with van der Waals surface area (Å²) in [6, 6.07) is 10.3. The summed E-state index contributed by atoms with van der Waals surface area (Å²) in [6.45, 7) is 6.02. The number of carbonyl (C=O) groups excluding carboxylic acids is 1. The van der Waals surface area contributed by atoms with Crippen molar-refractivity contribution in [2.24, 2.45) is 11.3 Å². The van der Waals surface area contributed by atoms with Gasteiger partial charge in [0.25, 0.3) is 0 Å². The van der Waals surface area contributed by atoms with Crippen LogP contribution in [0.3, 0.4) is 0 Å². The van der Waals surface area contributed by atoms with Gasteiger partial charge in [-0.2, -0.15) is 5.26 Å². The highest BCUT2D eigenvalue weighted by molar-refractivity contribution is 5.80. The third-order valence-corrected chi connectivity index (χ3v) is 7.19. The van der Waals surface area contributed by atoms with Gasteiger partial charge < -0.3 is 19.7 Å². The molecule has 4 fully saturated rings. The Morgan fingerprint density at radius 3 is 2.55 bits per heavy atom. The maximum atomic E-state index is 11.8. The average molecular weight is 426 g/mol. The zero-order valence-electron chi connectivity index (χ0n) is 18.5. The summed E-state index contributed by atoms with van der Waals surface area (Å²) in [7, 11) is 0. The Morgan fingerprint density at radius 2 is 1.90 bits per heavy atom. The number of piperidine rings is 1. The maximum Gasteiger partial charge on any atom is 0.230 e. The molecule has 6 heteroatoms. The number of nitriles is 1. The van der Waals surface area contributed by atoms with Crippen LogP contribution in [0, 0.1) is 22.7 Å². The lowest BCUT2D eigenvalue weighted by molar-refractivity contribution is -0.161. The lowest BCUT2D eigenvalue weighted by atomic mass is 9.77. The predicted octanol–water partition coefficient (Wildman–Crippen LogP) is 3.48. The number of likely N-dealkylation sites (tertiary alicyclic amines) is 1. The Balaban J connectivity index is 0.000000151. The minimum atomic E-state index is 0.189. The molecule has 0 aromatic heterocycles. The molecule has 0 bridgehead atoms. The standard InChI is InChI=1S/C14H18N2O.C11H17NO2/c15-8-3-11-17-14-5-2-1-4-13(14)12-6-9-16-10-7-12;13-10(9-5-14-6-9)12-7-11(8-12)3-1-2-4-11/h1-2,4-5,12,16H,3,6-7,9-11H2;9H,1-8H2. The number of rotatable bonds is 5. The van der Waals surface area contributed by atoms with Crippen molar-refractivity contribution in [3.05, 3.63) is 29.8 Å². The van der Waals surface area contributed by atoms with E-state index in [0.717, 1.165) is 31.9 Å². The number of para-hydroxylation sites is 1. The third-order valence-electron chi connectivity index (χ3n) is 7.19. The number of ether oxygens (including phenoxy) is 2. The van der Waals surface area contributed by atoms with E-state index in [1.807, 2.05) is 17.0 Å². The van der Waals surface area contributed by atoms with Crippen LogP contribution in [0.15, 0.2) is 24.3 Å². The fraction of sp³-hybridized carbons (Fsp3) is 0.680. The highest BCUT2D eigenvalue weighted by atomic mass is 16.5. The van der Waals surface area contributed by atoms with Crippen molar-refractivity contribution in [2.75, 3.05) is 46.0 Å². The van der Waals surface area contributed by atoms with Gasteiger partial charge in [-0.3, -0.25) is 4.79 Å². The molecule has 31 heavy (non-hydrogen) atoms. The molecule has 1 aromatic carbocycles. The molecule has 3 heterocycles. The second-order valence-electron chi connectivity index (χ2n) is 9.45. The topological polar surface area (TPSA) is 74.6 Å². The van der Waals surface area contributed by atoms with E-state index >= 15 is 0 Å². The molecular weight excluding hydrogens is 390 g/mol. The Hall–Kier alpha value is -2.10. The molecular formula is C25H35N3O3. The van der Waals surface area contributed by atoms with E-state index in [9.17, 15) is 4.79 Å². The predicted molar refractivity (Wildman–Crippen MR) is 119 cm³/mol. The van der Waals surface area contributed by atoms with Gasteiger partial charge >= 0.3 is 0 Å². The van der Waals surface area contributed by atoms with Gasteiger partial charge in [-0.15, -0.1) is 0 Å². The zero-order valence-corrected chi connectivity index (χ0v) is 18.5. The smallest absolute Gasteiger partial charge is 0.230 e. The molecule has 3 aliphatic heterocycles. The molecule has 5 rings (SSSR count). The van der Waals surface area contributed by atoms with E-state index in [0.29, 0.717) is 43.5 Å². The number of benzene rings is 1. The van der Waals surface area contributed by atoms with Crippen molar-refractivity contribution in [3.63, 3.8) is 0 Å². The van der Waals surface area contributed by atoms with Crippen LogP contribution in [-0.4, -0.2) is 56.8 Å². The summed E-state index contributed by atoms with van der Waals surface area (Å²) in [5.41, 5.74) is 1.84. The molecule has 1 saturated carbocycles. The number of nitrogens with zero attached hydrogens (tertiary/aromatic N) is 2. The zero-order chi connectivity index (χ0) is 21.5. The van der Waals surface area contributed by atoms with Gasteiger partial charge in [0.05, 0.1) is 31.6 Å². The first-order valence-electron chi connectivity index (χ1n) is 11.9. The Labute approximate surface area is 185 Å². The molecule has 1 amide bonds. The quantitative estimate of drug-likeness (QED) is 0.731. The highest BCUT2D eigenvalue weighted by Crippen LogP contribution is 2.45. The molecule has 6 nitrogen and oxygen atoms in total. The summed E-state index contributed by atoms with van der Waals surface area (Å²) in [6.07, 6.45) is 8.21. The first-order valence-corrected chi connectivity index (χ1v) is 11.9. The monoisotopic (exact) mass is 425 g/mol. The number of hydrogen-bond donors (Lipinski definition) is 1. The lowest BCUT2D eigenvalue weighted by Crippen LogP contribution is -2.60. The summed E-state index contributed by atoms with van der Waals surface area (Å²) in [4.78, 5) is 13.8. The minimum absolute atomic E-state index is 0.189. The van der Waals surface area contributed by atoms with Gasteiger partial charge in [0.1, 0.15) is 12.4 Å². The third kappa shape index (κ3) is 5.39. The second kappa shape index (κ2) is 10.5. The minimum Gasteiger partial charge on any atom is -0.492 e. The Bertz CT molecular complexity index is 766. The Morgan fingerprint density at radius 1 is 1.19 bits per heavy atom. The number of nitrogens with one attached hydrogen (secondary N) is 1. The maximum absolute atomic E-state index is 11.8.